The summed E-state index contributed by atoms with van der Waals surface area (Å²) in [5, 5.41) is 12.2. The number of carbonyl (C=O) groups is 2. The molecule has 1 saturated heterocycles. The molecule has 4 rings (SSSR count). The average molecular weight is 517 g/mol. The Balaban J connectivity index is 1.48. The Morgan fingerprint density at radius 1 is 1.12 bits per heavy atom. The molecule has 10 heteroatoms. The molecule has 166 valence electrons. The van der Waals surface area contributed by atoms with Gasteiger partial charge in [-0.2, -0.15) is 0 Å². The number of hydrogen-bond donors (Lipinski definition) is 1. The lowest BCUT2D eigenvalue weighted by atomic mass is 10.1. The van der Waals surface area contributed by atoms with Gasteiger partial charge in [0.1, 0.15) is 22.5 Å². The molecule has 1 fully saturated rings. The molecule has 2 amide bonds. The fourth-order valence-electron chi connectivity index (χ4n) is 3.58. The first-order chi connectivity index (χ1) is 15.5. The zero-order valence-electron chi connectivity index (χ0n) is 17.5. The Morgan fingerprint density at radius 3 is 2.62 bits per heavy atom. The molecule has 0 saturated carbocycles. The number of rotatable bonds is 6. The van der Waals surface area contributed by atoms with Crippen LogP contribution in [0.1, 0.15) is 23.2 Å². The van der Waals surface area contributed by atoms with Crippen molar-refractivity contribution in [3.05, 3.63) is 52.5 Å². The van der Waals surface area contributed by atoms with Crippen molar-refractivity contribution in [2.75, 3.05) is 26.1 Å². The van der Waals surface area contributed by atoms with Gasteiger partial charge in [0.05, 0.1) is 19.8 Å². The minimum absolute atomic E-state index is 0.255. The van der Waals surface area contributed by atoms with Crippen molar-refractivity contribution in [1.82, 2.24) is 15.1 Å². The third-order valence-corrected chi connectivity index (χ3v) is 6.62. The van der Waals surface area contributed by atoms with E-state index in [0.29, 0.717) is 40.2 Å². The Labute approximate surface area is 197 Å². The first-order valence-corrected chi connectivity index (χ1v) is 11.5. The van der Waals surface area contributed by atoms with E-state index in [9.17, 15) is 9.59 Å². The summed E-state index contributed by atoms with van der Waals surface area (Å²) in [5.41, 5.74) is 1.30. The second-order valence-corrected chi connectivity index (χ2v) is 9.02. The molecule has 0 aliphatic carbocycles. The van der Waals surface area contributed by atoms with Crippen LogP contribution < -0.4 is 14.8 Å². The van der Waals surface area contributed by atoms with Crippen LogP contribution in [0.3, 0.4) is 0 Å². The number of carbonyl (C=O) groups excluding carboxylic acids is 2. The topological polar surface area (TPSA) is 93.7 Å². The Bertz CT molecular complexity index is 1140. The predicted molar refractivity (Wildman–Crippen MR) is 125 cm³/mol. The maximum Gasteiger partial charge on any atom is 0.258 e. The fourth-order valence-corrected chi connectivity index (χ4v) is 4.60. The predicted octanol–water partition coefficient (Wildman–Crippen LogP) is 4.23. The summed E-state index contributed by atoms with van der Waals surface area (Å²) in [4.78, 5) is 27.8. The van der Waals surface area contributed by atoms with Crippen LogP contribution in [0.5, 0.6) is 11.5 Å². The summed E-state index contributed by atoms with van der Waals surface area (Å²) in [6.45, 7) is 0.492. The van der Waals surface area contributed by atoms with Crippen LogP contribution in [0, 0.1) is 0 Å². The monoisotopic (exact) mass is 516 g/mol. The molecule has 0 spiro atoms. The summed E-state index contributed by atoms with van der Waals surface area (Å²) in [5.74, 6) is 0.465. The second kappa shape index (κ2) is 9.66. The summed E-state index contributed by atoms with van der Waals surface area (Å²) in [6.07, 6.45) is 1.32. The number of amides is 2. The molecule has 0 bridgehead atoms. The first-order valence-electron chi connectivity index (χ1n) is 9.93. The number of nitrogens with zero attached hydrogens (tertiary/aromatic N) is 3. The summed E-state index contributed by atoms with van der Waals surface area (Å²) < 4.78 is 11.5. The van der Waals surface area contributed by atoms with E-state index in [2.05, 4.69) is 31.4 Å². The van der Waals surface area contributed by atoms with Gasteiger partial charge in [-0.15, -0.1) is 10.2 Å². The van der Waals surface area contributed by atoms with Crippen LogP contribution in [-0.4, -0.2) is 53.7 Å². The number of likely N-dealkylation sites (tertiary alicyclic amines) is 1. The number of anilines is 1. The minimum Gasteiger partial charge on any atom is -0.497 e. The van der Waals surface area contributed by atoms with Gasteiger partial charge in [0.15, 0.2) is 0 Å². The Kier molecular flexibility index (Phi) is 6.71. The summed E-state index contributed by atoms with van der Waals surface area (Å²) in [7, 11) is 3.05. The normalized spacial score (nSPS) is 15.5. The van der Waals surface area contributed by atoms with Crippen molar-refractivity contribution in [3.8, 4) is 22.1 Å². The fraction of sp³-hybridized carbons (Fsp3) is 0.273. The molecule has 3 aromatic rings. The molecule has 2 heterocycles. The van der Waals surface area contributed by atoms with Crippen molar-refractivity contribution in [1.29, 1.82) is 0 Å². The van der Waals surface area contributed by atoms with Gasteiger partial charge in [0.25, 0.3) is 5.91 Å². The minimum atomic E-state index is -0.589. The zero-order valence-corrected chi connectivity index (χ0v) is 19.9. The van der Waals surface area contributed by atoms with Gasteiger partial charge in [-0.05, 0) is 37.1 Å². The van der Waals surface area contributed by atoms with Crippen LogP contribution in [0.2, 0.25) is 0 Å². The SMILES string of the molecule is COc1ccc(C(=O)N2CCCC2C(=O)Nc2nnc(-c3ccc(Br)cc3)s2)c(OC)c1. The van der Waals surface area contributed by atoms with Gasteiger partial charge in [0, 0.05) is 22.6 Å². The van der Waals surface area contributed by atoms with Crippen molar-refractivity contribution in [2.45, 2.75) is 18.9 Å². The molecule has 1 unspecified atom stereocenters. The maximum atomic E-state index is 13.2. The van der Waals surface area contributed by atoms with E-state index < -0.39 is 6.04 Å². The average Bonchev–Trinajstić information content (AvgIpc) is 3.48. The molecule has 1 N–H and O–H groups in total. The van der Waals surface area contributed by atoms with E-state index in [0.717, 1.165) is 16.5 Å². The van der Waals surface area contributed by atoms with Gasteiger partial charge in [-0.1, -0.05) is 39.4 Å². The third kappa shape index (κ3) is 4.61. The van der Waals surface area contributed by atoms with Crippen molar-refractivity contribution < 1.29 is 19.1 Å². The van der Waals surface area contributed by atoms with E-state index in [1.165, 1.54) is 18.4 Å². The quantitative estimate of drug-likeness (QED) is 0.526. The molecule has 1 aliphatic rings. The highest BCUT2D eigenvalue weighted by atomic mass is 79.9. The van der Waals surface area contributed by atoms with Gasteiger partial charge in [-0.3, -0.25) is 14.9 Å². The third-order valence-electron chi connectivity index (χ3n) is 5.20. The van der Waals surface area contributed by atoms with Crippen LogP contribution in [-0.2, 0) is 4.79 Å². The first kappa shape index (κ1) is 22.2. The maximum absolute atomic E-state index is 13.2. The van der Waals surface area contributed by atoms with Crippen molar-refractivity contribution in [3.63, 3.8) is 0 Å². The van der Waals surface area contributed by atoms with E-state index in [4.69, 9.17) is 9.47 Å². The smallest absolute Gasteiger partial charge is 0.258 e. The molecule has 8 nitrogen and oxygen atoms in total. The molecular formula is C22H21BrN4O4S. The van der Waals surface area contributed by atoms with Crippen molar-refractivity contribution in [2.24, 2.45) is 0 Å². The van der Waals surface area contributed by atoms with E-state index >= 15 is 0 Å². The lowest BCUT2D eigenvalue weighted by Crippen LogP contribution is -2.43. The van der Waals surface area contributed by atoms with E-state index in [1.807, 2.05) is 24.3 Å². The molecule has 1 atom stereocenters. The lowest BCUT2D eigenvalue weighted by molar-refractivity contribution is -0.119. The second-order valence-electron chi connectivity index (χ2n) is 7.13. The number of hydrogen-bond acceptors (Lipinski definition) is 7. The number of aromatic nitrogens is 2. The highest BCUT2D eigenvalue weighted by Gasteiger charge is 2.36. The highest BCUT2D eigenvalue weighted by molar-refractivity contribution is 9.10. The number of methoxy groups -OCH3 is 2. The number of nitrogens with one attached hydrogen (secondary N) is 1. The number of ether oxygens (including phenoxy) is 2. The van der Waals surface area contributed by atoms with Gasteiger partial charge >= 0.3 is 0 Å². The standard InChI is InChI=1S/C22H21BrN4O4S/c1-30-15-9-10-16(18(12-15)31-2)21(29)27-11-3-4-17(27)19(28)24-22-26-25-20(32-22)13-5-7-14(23)8-6-13/h5-10,12,17H,3-4,11H2,1-2H3,(H,24,26,28). The Morgan fingerprint density at radius 2 is 1.91 bits per heavy atom. The van der Waals surface area contributed by atoms with E-state index in [-0.39, 0.29) is 11.8 Å². The van der Waals surface area contributed by atoms with E-state index in [1.54, 1.807) is 30.2 Å². The van der Waals surface area contributed by atoms with Crippen molar-refractivity contribution >= 4 is 44.2 Å². The summed E-state index contributed by atoms with van der Waals surface area (Å²) >= 11 is 4.70. The zero-order chi connectivity index (χ0) is 22.7. The van der Waals surface area contributed by atoms with Crippen LogP contribution in [0.25, 0.3) is 10.6 Å². The molecule has 32 heavy (non-hydrogen) atoms. The number of benzene rings is 2. The largest absolute Gasteiger partial charge is 0.497 e. The van der Waals surface area contributed by atoms with Crippen LogP contribution in [0.4, 0.5) is 5.13 Å². The van der Waals surface area contributed by atoms with Crippen LogP contribution in [0.15, 0.2) is 46.9 Å². The van der Waals surface area contributed by atoms with Gasteiger partial charge in [-0.25, -0.2) is 0 Å². The molecule has 0 radical (unpaired) electrons. The van der Waals surface area contributed by atoms with Gasteiger partial charge in [0.2, 0.25) is 11.0 Å². The Hall–Kier alpha value is -2.98. The summed E-state index contributed by atoms with van der Waals surface area (Å²) in [6, 6.07) is 12.1. The molecule has 1 aromatic heterocycles. The highest BCUT2D eigenvalue weighted by Crippen LogP contribution is 2.30. The van der Waals surface area contributed by atoms with Crippen LogP contribution >= 0.6 is 27.3 Å². The lowest BCUT2D eigenvalue weighted by Gasteiger charge is -2.24. The molecule has 1 aliphatic heterocycles. The molecular weight excluding hydrogens is 496 g/mol. The molecule has 2 aromatic carbocycles. The number of halogens is 1. The van der Waals surface area contributed by atoms with Gasteiger partial charge < -0.3 is 14.4 Å².